The van der Waals surface area contributed by atoms with Crippen LogP contribution < -0.4 is 0 Å². The molecule has 2 nitrogen and oxygen atoms in total. The Hall–Kier alpha value is -0.220. The van der Waals surface area contributed by atoms with E-state index in [-0.39, 0.29) is 10.7 Å². The monoisotopic (exact) mass is 167 g/mol. The van der Waals surface area contributed by atoms with Crippen LogP contribution in [0.15, 0.2) is 0 Å². The molecule has 11 heavy (non-hydrogen) atoms. The summed E-state index contributed by atoms with van der Waals surface area (Å²) in [5, 5.41) is 9.13. The van der Waals surface area contributed by atoms with Gasteiger partial charge in [-0.2, -0.15) is 0 Å². The third-order valence-corrected chi connectivity index (χ3v) is 2.11. The molecular weight excluding hydrogens is 152 g/mol. The van der Waals surface area contributed by atoms with Gasteiger partial charge < -0.3 is 5.11 Å². The zero-order valence-electron chi connectivity index (χ0n) is 6.83. The van der Waals surface area contributed by atoms with E-state index in [0.717, 1.165) is 0 Å². The number of alkyl halides is 1. The fourth-order valence-corrected chi connectivity index (χ4v) is 1.53. The second-order valence-electron chi connectivity index (χ2n) is 3.08. The van der Waals surface area contributed by atoms with Gasteiger partial charge in [-0.05, 0) is 20.4 Å². The van der Waals surface area contributed by atoms with Crippen molar-refractivity contribution in [2.75, 3.05) is 13.6 Å². The van der Waals surface area contributed by atoms with E-state index >= 15 is 0 Å². The minimum Gasteiger partial charge on any atom is -0.392 e. The molecule has 1 aliphatic rings. The van der Waals surface area contributed by atoms with Crippen molar-refractivity contribution in [3.63, 3.8) is 0 Å². The average Bonchev–Trinajstić information content (AvgIpc) is 2.10. The van der Waals surface area contributed by atoms with Crippen LogP contribution in [0.2, 0.25) is 0 Å². The maximum atomic E-state index is 12.6. The molecule has 1 heterocycles. The van der Waals surface area contributed by atoms with Crippen LogP contribution in [0.25, 0.3) is 0 Å². The van der Waals surface area contributed by atoms with Crippen LogP contribution in [0, 0.1) is 0 Å². The zero-order valence-corrected chi connectivity index (χ0v) is 6.83. The summed E-state index contributed by atoms with van der Waals surface area (Å²) < 4.78 is 12.6. The van der Waals surface area contributed by atoms with E-state index in [2.05, 4.69) is 0 Å². The number of likely N-dealkylation sites (N-methyl/N-ethyl adjacent to an activating group) is 1. The lowest BCUT2D eigenvalue weighted by Crippen LogP contribution is -2.34. The van der Waals surface area contributed by atoms with Crippen LogP contribution in [-0.4, -0.2) is 41.9 Å². The summed E-state index contributed by atoms with van der Waals surface area (Å²) in [6, 6.07) is 0.0231. The lowest BCUT2D eigenvalue weighted by Gasteiger charge is -2.20. The van der Waals surface area contributed by atoms with Crippen molar-refractivity contribution in [3.05, 3.63) is 0 Å². The van der Waals surface area contributed by atoms with E-state index in [1.807, 2.05) is 11.9 Å². The molecule has 0 saturated carbocycles. The van der Waals surface area contributed by atoms with Gasteiger partial charge in [0.1, 0.15) is 6.17 Å². The fraction of sp³-hybridized carbons (Fsp3) is 1.00. The molecule has 4 heteroatoms. The maximum Gasteiger partial charge on any atom is 0.114 e. The highest BCUT2D eigenvalue weighted by Crippen LogP contribution is 2.20. The molecule has 3 atom stereocenters. The van der Waals surface area contributed by atoms with Gasteiger partial charge >= 0.3 is 0 Å². The number of hydrogen-bond donors (Lipinski definition) is 1. The highest BCUT2D eigenvalue weighted by Gasteiger charge is 2.31. The molecule has 0 aromatic rings. The summed E-state index contributed by atoms with van der Waals surface area (Å²) in [5.74, 6) is 0. The largest absolute Gasteiger partial charge is 0.392 e. The molecule has 0 unspecified atom stereocenters. The highest BCUT2D eigenvalue weighted by molar-refractivity contribution is 4.86. The number of rotatable bonds is 1. The Morgan fingerprint density at radius 1 is 1.64 bits per heavy atom. The predicted octanol–water partition coefficient (Wildman–Crippen LogP) is 0.562. The van der Waals surface area contributed by atoms with E-state index in [9.17, 15) is 4.39 Å². The van der Waals surface area contributed by atoms with Crippen molar-refractivity contribution < 1.29 is 14.2 Å². The van der Waals surface area contributed by atoms with E-state index < -0.39 is 12.3 Å². The summed E-state index contributed by atoms with van der Waals surface area (Å²) >= 11 is 0. The lowest BCUT2D eigenvalue weighted by atomic mass is 10.1. The average molecular weight is 167 g/mol. The molecule has 68 valence electrons. The highest BCUT2D eigenvalue weighted by atomic mass is 19.1. The molecule has 0 bridgehead atoms. The minimum atomic E-state index is -0.746. The van der Waals surface area contributed by atoms with Gasteiger partial charge in [0.25, 0.3) is 0 Å². The number of hydrogen-bond acceptors (Lipinski definition) is 2. The lowest BCUT2D eigenvalue weighted by molar-refractivity contribution is 0.101. The van der Waals surface area contributed by atoms with Crippen molar-refractivity contribution in [3.8, 4) is 0 Å². The van der Waals surface area contributed by atoms with Crippen molar-refractivity contribution in [2.24, 2.45) is 0 Å². The molecule has 0 amide bonds. The van der Waals surface area contributed by atoms with Gasteiger partial charge in [0, 0.05) is 12.6 Å². The van der Waals surface area contributed by atoms with Crippen LogP contribution in [0.3, 0.4) is 0 Å². The smallest absolute Gasteiger partial charge is 0.114 e. The van der Waals surface area contributed by atoms with Crippen LogP contribution in [0.1, 0.15) is 13.3 Å². The van der Waals surface area contributed by atoms with Crippen molar-refractivity contribution in [1.29, 1.82) is 0 Å². The molecule has 1 N–H and O–H groups in total. The Morgan fingerprint density at radius 3 is 2.36 bits per heavy atom. The van der Waals surface area contributed by atoms with Crippen molar-refractivity contribution >= 4 is 0 Å². The number of nitrogens with zero attached hydrogens (tertiary/aromatic N) is 1. The predicted molar refractivity (Wildman–Crippen MR) is 40.1 cm³/mol. The van der Waals surface area contributed by atoms with Gasteiger partial charge in [0.15, 0.2) is 0 Å². The standard InChI is InChI=1S/C7H14FNO.FH/c1-5(10)7-3-6(8)4-9(7)2;/h5-7,10H,3-4H2,1-2H3;1H/t5-,6-,7-;/m0./s1. The molecule has 0 spiro atoms. The summed E-state index contributed by atoms with van der Waals surface area (Å²) in [6.45, 7) is 2.18. The first-order valence-corrected chi connectivity index (χ1v) is 3.63. The summed E-state index contributed by atoms with van der Waals surface area (Å²) in [5.41, 5.74) is 0. The first kappa shape index (κ1) is 10.8. The molecule has 0 aromatic heterocycles. The Balaban J connectivity index is 0.000001000. The summed E-state index contributed by atoms with van der Waals surface area (Å²) in [4.78, 5) is 1.87. The molecular formula is C7H15F2NO. The van der Waals surface area contributed by atoms with Crippen molar-refractivity contribution in [2.45, 2.75) is 31.7 Å². The maximum absolute atomic E-state index is 12.6. The normalized spacial score (nSPS) is 34.9. The second kappa shape index (κ2) is 3.97. The SMILES string of the molecule is C[C@H](O)[C@@H]1C[C@H](F)CN1C.F. The molecule has 1 saturated heterocycles. The third-order valence-electron chi connectivity index (χ3n) is 2.11. The van der Waals surface area contributed by atoms with E-state index in [1.54, 1.807) is 6.92 Å². The third kappa shape index (κ3) is 2.38. The number of aliphatic hydroxyl groups excluding tert-OH is 1. The Morgan fingerprint density at radius 2 is 2.18 bits per heavy atom. The van der Waals surface area contributed by atoms with Gasteiger partial charge in [-0.25, -0.2) is 4.39 Å². The molecule has 1 aliphatic heterocycles. The first-order valence-electron chi connectivity index (χ1n) is 3.63. The van der Waals surface area contributed by atoms with E-state index in [1.165, 1.54) is 0 Å². The molecule has 0 aromatic carbocycles. The molecule has 0 radical (unpaired) electrons. The van der Waals surface area contributed by atoms with E-state index in [0.29, 0.717) is 13.0 Å². The van der Waals surface area contributed by atoms with E-state index in [4.69, 9.17) is 5.11 Å². The van der Waals surface area contributed by atoms with Gasteiger partial charge in [0.05, 0.1) is 6.10 Å². The molecule has 0 aliphatic carbocycles. The van der Waals surface area contributed by atoms with Gasteiger partial charge in [-0.1, -0.05) is 0 Å². The number of halogens is 2. The summed E-state index contributed by atoms with van der Waals surface area (Å²) in [7, 11) is 1.84. The molecule has 1 fully saturated rings. The topological polar surface area (TPSA) is 23.5 Å². The number of aliphatic hydroxyl groups is 1. The zero-order chi connectivity index (χ0) is 7.72. The Labute approximate surface area is 65.4 Å². The Bertz CT molecular complexity index is 121. The minimum absolute atomic E-state index is 0. The Kier molecular flexibility index (Phi) is 3.89. The van der Waals surface area contributed by atoms with Crippen LogP contribution >= 0.6 is 0 Å². The second-order valence-corrected chi connectivity index (χ2v) is 3.08. The van der Waals surface area contributed by atoms with Crippen LogP contribution in [-0.2, 0) is 0 Å². The van der Waals surface area contributed by atoms with Gasteiger partial charge in [-0.3, -0.25) is 9.60 Å². The first-order chi connectivity index (χ1) is 4.61. The van der Waals surface area contributed by atoms with Crippen LogP contribution in [0.5, 0.6) is 0 Å². The van der Waals surface area contributed by atoms with Crippen molar-refractivity contribution in [1.82, 2.24) is 4.90 Å². The van der Waals surface area contributed by atoms with Crippen LogP contribution in [0.4, 0.5) is 9.09 Å². The number of likely N-dealkylation sites (tertiary alicyclic amines) is 1. The fourth-order valence-electron chi connectivity index (χ4n) is 1.53. The van der Waals surface area contributed by atoms with Gasteiger partial charge in [-0.15, -0.1) is 0 Å². The van der Waals surface area contributed by atoms with Gasteiger partial charge in [0.2, 0.25) is 0 Å². The summed E-state index contributed by atoms with van der Waals surface area (Å²) in [6.07, 6.45) is -0.677. The quantitative estimate of drug-likeness (QED) is 0.617. The molecule has 1 rings (SSSR count).